The van der Waals surface area contributed by atoms with Gasteiger partial charge in [0.1, 0.15) is 24.4 Å². The van der Waals surface area contributed by atoms with E-state index in [-0.39, 0.29) is 12.5 Å². The fourth-order valence-electron chi connectivity index (χ4n) is 11.3. The van der Waals surface area contributed by atoms with E-state index in [0.29, 0.717) is 6.42 Å². The quantitative estimate of drug-likeness (QED) is 0.0261. The van der Waals surface area contributed by atoms with E-state index in [1.54, 1.807) is 6.08 Å². The summed E-state index contributed by atoms with van der Waals surface area (Å²) in [6.07, 6.45) is 72.5. The first-order valence-corrected chi connectivity index (χ1v) is 34.7. The van der Waals surface area contributed by atoms with Gasteiger partial charge in [0.25, 0.3) is 0 Å². The highest BCUT2D eigenvalue weighted by atomic mass is 16.7. The smallest absolute Gasteiger partial charge is 0.220 e. The summed E-state index contributed by atoms with van der Waals surface area (Å²) in [6, 6.07) is -0.804. The summed E-state index contributed by atoms with van der Waals surface area (Å²) in [5.74, 6) is -0.169. The van der Waals surface area contributed by atoms with Gasteiger partial charge in [0.2, 0.25) is 5.91 Å². The fraction of sp³-hybridized carbons (Fsp3) is 0.900. The number of allylic oxidation sites excluding steroid dienone is 5. The van der Waals surface area contributed by atoms with Gasteiger partial charge < -0.3 is 40.3 Å². The number of nitrogens with one attached hydrogen (secondary N) is 1. The molecular formula is C70H133NO8. The van der Waals surface area contributed by atoms with Gasteiger partial charge in [0.15, 0.2) is 6.29 Å². The maximum atomic E-state index is 13.1. The number of amides is 1. The van der Waals surface area contributed by atoms with Crippen molar-refractivity contribution in [2.24, 2.45) is 0 Å². The third-order valence-corrected chi connectivity index (χ3v) is 16.7. The maximum absolute atomic E-state index is 13.1. The largest absolute Gasteiger partial charge is 0.394 e. The molecule has 1 saturated heterocycles. The zero-order valence-corrected chi connectivity index (χ0v) is 52.2. The lowest BCUT2D eigenvalue weighted by Crippen LogP contribution is -2.60. The van der Waals surface area contributed by atoms with Crippen LogP contribution in [0, 0.1) is 0 Å². The Bertz CT molecular complexity index is 1340. The van der Waals surface area contributed by atoms with Crippen LogP contribution in [0.2, 0.25) is 0 Å². The van der Waals surface area contributed by atoms with Gasteiger partial charge >= 0.3 is 0 Å². The number of unbranched alkanes of at least 4 members (excludes halogenated alkanes) is 47. The Kier molecular flexibility index (Phi) is 56.9. The second-order valence-electron chi connectivity index (χ2n) is 24.3. The highest BCUT2D eigenvalue weighted by Gasteiger charge is 2.44. The van der Waals surface area contributed by atoms with Crippen LogP contribution in [-0.4, -0.2) is 87.5 Å². The van der Waals surface area contributed by atoms with Crippen LogP contribution in [0.15, 0.2) is 36.5 Å². The molecule has 0 bridgehead atoms. The highest BCUT2D eigenvalue weighted by molar-refractivity contribution is 5.76. The van der Waals surface area contributed by atoms with Crippen LogP contribution in [0.5, 0.6) is 0 Å². The van der Waals surface area contributed by atoms with Gasteiger partial charge in [0.05, 0.1) is 25.4 Å². The first kappa shape index (κ1) is 75.4. The van der Waals surface area contributed by atoms with Crippen LogP contribution < -0.4 is 5.32 Å². The number of aliphatic hydroxyl groups is 5. The average molecular weight is 1120 g/mol. The monoisotopic (exact) mass is 1120 g/mol. The molecule has 9 nitrogen and oxygen atoms in total. The molecule has 0 aliphatic carbocycles. The second-order valence-corrected chi connectivity index (χ2v) is 24.3. The van der Waals surface area contributed by atoms with E-state index in [4.69, 9.17) is 9.47 Å². The highest BCUT2D eigenvalue weighted by Crippen LogP contribution is 2.23. The summed E-state index contributed by atoms with van der Waals surface area (Å²) >= 11 is 0. The standard InChI is InChI=1S/C70H133NO8/c1-3-5-7-9-11-13-15-17-19-21-23-25-26-27-28-29-30-31-32-33-34-35-36-37-38-40-42-44-46-48-50-52-54-56-58-60-66(74)71-63(62-78-70-69(77)68(76)67(75)65(61-72)79-70)64(73)59-57-55-53-51-49-47-45-43-41-39-24-22-20-18-16-14-12-10-8-6-4-2/h15,17,21,23,57,59,63-65,67-70,72-73,75-77H,3-14,16,18-20,22,24-56,58,60-62H2,1-2H3,(H,71,74)/b17-15-,23-21-,59-57+. The van der Waals surface area contributed by atoms with Crippen molar-refractivity contribution < 1.29 is 39.8 Å². The molecule has 0 spiro atoms. The molecule has 1 aliphatic rings. The molecule has 1 aliphatic heterocycles. The number of aliphatic hydroxyl groups excluding tert-OH is 5. The van der Waals surface area contributed by atoms with Crippen LogP contribution in [0.4, 0.5) is 0 Å². The summed E-state index contributed by atoms with van der Waals surface area (Å²) < 4.78 is 11.3. The molecule has 0 saturated carbocycles. The van der Waals surface area contributed by atoms with Crippen molar-refractivity contribution in [3.05, 3.63) is 36.5 Å². The van der Waals surface area contributed by atoms with Crippen LogP contribution in [0.1, 0.15) is 348 Å². The topological polar surface area (TPSA) is 149 Å². The van der Waals surface area contributed by atoms with E-state index in [1.165, 1.54) is 283 Å². The molecule has 1 heterocycles. The van der Waals surface area contributed by atoms with Crippen LogP contribution in [0.3, 0.4) is 0 Å². The summed E-state index contributed by atoms with van der Waals surface area (Å²) in [6.45, 7) is 3.82. The second kappa shape index (κ2) is 59.6. The Labute approximate surface area is 489 Å². The maximum Gasteiger partial charge on any atom is 0.220 e. The molecule has 1 fully saturated rings. The lowest BCUT2D eigenvalue weighted by molar-refractivity contribution is -0.302. The van der Waals surface area contributed by atoms with Gasteiger partial charge in [-0.2, -0.15) is 0 Å². The SMILES string of the molecule is CCCCCCC/C=C\C/C=C\CCCCCCCCCCCCCCCCCCCCCCCCCC(=O)NC(COC1OC(CO)C(O)C(O)C1O)C(O)/C=C/CCCCCCCCCCCCCCCCCCCCC. The van der Waals surface area contributed by atoms with E-state index in [2.05, 4.69) is 43.5 Å². The lowest BCUT2D eigenvalue weighted by atomic mass is 9.99. The Morgan fingerprint density at radius 2 is 0.747 bits per heavy atom. The summed E-state index contributed by atoms with van der Waals surface area (Å²) in [7, 11) is 0. The molecule has 7 atom stereocenters. The molecule has 1 amide bonds. The molecule has 0 aromatic carbocycles. The Morgan fingerprint density at radius 3 is 1.09 bits per heavy atom. The van der Waals surface area contributed by atoms with Gasteiger partial charge in [-0.05, 0) is 51.4 Å². The third kappa shape index (κ3) is 48.5. The molecular weight excluding hydrogens is 983 g/mol. The van der Waals surface area contributed by atoms with Crippen molar-refractivity contribution in [1.29, 1.82) is 0 Å². The minimum atomic E-state index is -1.57. The predicted octanol–water partition coefficient (Wildman–Crippen LogP) is 18.6. The van der Waals surface area contributed by atoms with Crippen molar-refractivity contribution in [2.75, 3.05) is 13.2 Å². The molecule has 0 aromatic heterocycles. The number of carbonyl (C=O) groups excluding carboxylic acids is 1. The molecule has 0 radical (unpaired) electrons. The Balaban J connectivity index is 2.09. The van der Waals surface area contributed by atoms with Crippen LogP contribution in [-0.2, 0) is 14.3 Å². The van der Waals surface area contributed by atoms with E-state index in [1.807, 2.05) is 6.08 Å². The van der Waals surface area contributed by atoms with E-state index < -0.39 is 49.5 Å². The molecule has 7 unspecified atom stereocenters. The van der Waals surface area contributed by atoms with Crippen molar-refractivity contribution in [3.63, 3.8) is 0 Å². The van der Waals surface area contributed by atoms with Crippen molar-refractivity contribution in [3.8, 4) is 0 Å². The number of carbonyl (C=O) groups is 1. The van der Waals surface area contributed by atoms with Gasteiger partial charge in [-0.1, -0.05) is 326 Å². The summed E-state index contributed by atoms with van der Waals surface area (Å²) in [4.78, 5) is 13.1. The van der Waals surface area contributed by atoms with Gasteiger partial charge in [0, 0.05) is 6.42 Å². The van der Waals surface area contributed by atoms with Gasteiger partial charge in [-0.3, -0.25) is 4.79 Å². The minimum Gasteiger partial charge on any atom is -0.394 e. The van der Waals surface area contributed by atoms with E-state index in [0.717, 1.165) is 44.9 Å². The lowest BCUT2D eigenvalue weighted by Gasteiger charge is -2.40. The molecule has 0 aromatic rings. The van der Waals surface area contributed by atoms with Gasteiger partial charge in [-0.25, -0.2) is 0 Å². The number of ether oxygens (including phenoxy) is 2. The third-order valence-electron chi connectivity index (χ3n) is 16.7. The number of rotatable bonds is 61. The van der Waals surface area contributed by atoms with Gasteiger partial charge in [-0.15, -0.1) is 0 Å². The van der Waals surface area contributed by atoms with E-state index >= 15 is 0 Å². The fourth-order valence-corrected chi connectivity index (χ4v) is 11.3. The normalized spacial score (nSPS) is 18.7. The number of hydrogen-bond donors (Lipinski definition) is 6. The zero-order valence-electron chi connectivity index (χ0n) is 52.2. The van der Waals surface area contributed by atoms with Crippen molar-refractivity contribution in [2.45, 2.75) is 391 Å². The van der Waals surface area contributed by atoms with Crippen molar-refractivity contribution in [1.82, 2.24) is 5.32 Å². The minimum absolute atomic E-state index is 0.169. The first-order valence-electron chi connectivity index (χ1n) is 34.7. The first-order chi connectivity index (χ1) is 38.8. The van der Waals surface area contributed by atoms with Crippen LogP contribution >= 0.6 is 0 Å². The average Bonchev–Trinajstić information content (AvgIpc) is 3.47. The van der Waals surface area contributed by atoms with E-state index in [9.17, 15) is 30.3 Å². The molecule has 9 heteroatoms. The molecule has 1 rings (SSSR count). The Morgan fingerprint density at radius 1 is 0.430 bits per heavy atom. The molecule has 79 heavy (non-hydrogen) atoms. The zero-order chi connectivity index (χ0) is 57.2. The molecule has 466 valence electrons. The summed E-state index contributed by atoms with van der Waals surface area (Å²) in [5, 5.41) is 54.7. The number of hydrogen-bond acceptors (Lipinski definition) is 8. The summed E-state index contributed by atoms with van der Waals surface area (Å²) in [5.41, 5.74) is 0. The van der Waals surface area contributed by atoms with Crippen molar-refractivity contribution >= 4 is 5.91 Å². The predicted molar refractivity (Wildman–Crippen MR) is 337 cm³/mol. The molecule has 6 N–H and O–H groups in total. The Hall–Kier alpha value is -1.59. The van der Waals surface area contributed by atoms with Crippen LogP contribution in [0.25, 0.3) is 0 Å².